The molecule has 0 fully saturated rings. The third-order valence-electron chi connectivity index (χ3n) is 3.59. The molecule has 98 valence electrons. The SMILES string of the molecule is CCNC(/C1=C/CCCCCC1)c1ccccn1. The monoisotopic (exact) mass is 244 g/mol. The minimum Gasteiger partial charge on any atom is -0.306 e. The molecule has 1 aliphatic carbocycles. The quantitative estimate of drug-likeness (QED) is 0.809. The fourth-order valence-electron chi connectivity index (χ4n) is 2.66. The Kier molecular flexibility index (Phi) is 5.40. The fraction of sp³-hybridized carbons (Fsp3) is 0.562. The summed E-state index contributed by atoms with van der Waals surface area (Å²) in [6, 6.07) is 6.51. The predicted octanol–water partition coefficient (Wildman–Crippen LogP) is 4.01. The largest absolute Gasteiger partial charge is 0.306 e. The van der Waals surface area contributed by atoms with E-state index < -0.39 is 0 Å². The smallest absolute Gasteiger partial charge is 0.0710 e. The summed E-state index contributed by atoms with van der Waals surface area (Å²) in [6.45, 7) is 3.15. The third kappa shape index (κ3) is 3.67. The molecule has 2 heteroatoms. The number of rotatable bonds is 4. The van der Waals surface area contributed by atoms with Gasteiger partial charge in [-0.3, -0.25) is 4.98 Å². The second-order valence-corrected chi connectivity index (χ2v) is 4.98. The van der Waals surface area contributed by atoms with Crippen LogP contribution in [-0.4, -0.2) is 11.5 Å². The molecule has 1 aliphatic rings. The van der Waals surface area contributed by atoms with Gasteiger partial charge < -0.3 is 5.32 Å². The van der Waals surface area contributed by atoms with E-state index in [2.05, 4.69) is 35.4 Å². The van der Waals surface area contributed by atoms with Crippen molar-refractivity contribution in [2.45, 2.75) is 51.5 Å². The normalized spacial score (nSPS) is 21.5. The van der Waals surface area contributed by atoms with E-state index in [1.165, 1.54) is 44.1 Å². The van der Waals surface area contributed by atoms with Crippen LogP contribution in [0.5, 0.6) is 0 Å². The van der Waals surface area contributed by atoms with E-state index in [-0.39, 0.29) is 0 Å². The summed E-state index contributed by atoms with van der Waals surface area (Å²) >= 11 is 0. The molecule has 0 amide bonds. The van der Waals surface area contributed by atoms with Crippen LogP contribution in [0.4, 0.5) is 0 Å². The van der Waals surface area contributed by atoms with E-state index in [1.807, 2.05) is 12.3 Å². The van der Waals surface area contributed by atoms with Crippen molar-refractivity contribution in [2.75, 3.05) is 6.54 Å². The van der Waals surface area contributed by atoms with Gasteiger partial charge in [0.1, 0.15) is 0 Å². The molecule has 18 heavy (non-hydrogen) atoms. The van der Waals surface area contributed by atoms with Crippen LogP contribution >= 0.6 is 0 Å². The fourth-order valence-corrected chi connectivity index (χ4v) is 2.66. The lowest BCUT2D eigenvalue weighted by atomic mass is 9.93. The Morgan fingerprint density at radius 2 is 2.11 bits per heavy atom. The molecule has 0 aromatic carbocycles. The topological polar surface area (TPSA) is 24.9 Å². The Bertz CT molecular complexity index is 370. The lowest BCUT2D eigenvalue weighted by molar-refractivity contribution is 0.546. The van der Waals surface area contributed by atoms with Crippen LogP contribution in [0.15, 0.2) is 36.0 Å². The number of likely N-dealkylation sites (N-methyl/N-ethyl adjacent to an activating group) is 1. The summed E-state index contributed by atoms with van der Waals surface area (Å²) in [7, 11) is 0. The molecule has 0 saturated carbocycles. The van der Waals surface area contributed by atoms with Gasteiger partial charge in [-0.2, -0.15) is 0 Å². The van der Waals surface area contributed by atoms with Crippen molar-refractivity contribution in [3.05, 3.63) is 41.7 Å². The molecule has 0 radical (unpaired) electrons. The average molecular weight is 244 g/mol. The van der Waals surface area contributed by atoms with Crippen molar-refractivity contribution in [1.82, 2.24) is 10.3 Å². The molecular weight excluding hydrogens is 220 g/mol. The van der Waals surface area contributed by atoms with E-state index in [4.69, 9.17) is 0 Å². The maximum absolute atomic E-state index is 4.52. The van der Waals surface area contributed by atoms with Gasteiger partial charge in [0.15, 0.2) is 0 Å². The van der Waals surface area contributed by atoms with E-state index in [1.54, 1.807) is 0 Å². The minimum absolute atomic E-state index is 0.314. The van der Waals surface area contributed by atoms with Gasteiger partial charge in [-0.1, -0.05) is 37.5 Å². The van der Waals surface area contributed by atoms with Crippen molar-refractivity contribution in [1.29, 1.82) is 0 Å². The molecule has 1 heterocycles. The number of pyridine rings is 1. The van der Waals surface area contributed by atoms with Gasteiger partial charge in [-0.05, 0) is 44.4 Å². The first-order valence-corrected chi connectivity index (χ1v) is 7.25. The van der Waals surface area contributed by atoms with Crippen molar-refractivity contribution < 1.29 is 0 Å². The summed E-state index contributed by atoms with van der Waals surface area (Å²) in [6.07, 6.45) is 12.2. The molecular formula is C16H24N2. The minimum atomic E-state index is 0.314. The standard InChI is InChI=1S/C16H24N2/c1-2-17-16(15-12-8-9-13-18-15)14-10-6-4-3-5-7-11-14/h8-10,12-13,16-17H,2-7,11H2,1H3/b14-10+. The van der Waals surface area contributed by atoms with Gasteiger partial charge >= 0.3 is 0 Å². The molecule has 1 aromatic heterocycles. The predicted molar refractivity (Wildman–Crippen MR) is 76.4 cm³/mol. The molecule has 0 saturated heterocycles. The summed E-state index contributed by atoms with van der Waals surface area (Å²) < 4.78 is 0. The molecule has 0 aliphatic heterocycles. The van der Waals surface area contributed by atoms with Crippen LogP contribution in [0.3, 0.4) is 0 Å². The first-order chi connectivity index (χ1) is 8.92. The van der Waals surface area contributed by atoms with Gasteiger partial charge in [-0.25, -0.2) is 0 Å². The Morgan fingerprint density at radius 3 is 2.89 bits per heavy atom. The molecule has 2 rings (SSSR count). The van der Waals surface area contributed by atoms with Gasteiger partial charge in [0.25, 0.3) is 0 Å². The summed E-state index contributed by atoms with van der Waals surface area (Å²) in [5.41, 5.74) is 2.70. The maximum atomic E-state index is 4.52. The van der Waals surface area contributed by atoms with Crippen molar-refractivity contribution in [3.63, 3.8) is 0 Å². The van der Waals surface area contributed by atoms with Crippen LogP contribution in [0.1, 0.15) is 57.2 Å². The van der Waals surface area contributed by atoms with Crippen LogP contribution in [0.25, 0.3) is 0 Å². The van der Waals surface area contributed by atoms with Crippen molar-refractivity contribution in [3.8, 4) is 0 Å². The lowest BCUT2D eigenvalue weighted by Crippen LogP contribution is -2.24. The number of hydrogen-bond donors (Lipinski definition) is 1. The van der Waals surface area contributed by atoms with Gasteiger partial charge in [0.2, 0.25) is 0 Å². The van der Waals surface area contributed by atoms with E-state index in [9.17, 15) is 0 Å². The van der Waals surface area contributed by atoms with Gasteiger partial charge in [0.05, 0.1) is 11.7 Å². The highest BCUT2D eigenvalue weighted by atomic mass is 14.9. The zero-order valence-corrected chi connectivity index (χ0v) is 11.4. The van der Waals surface area contributed by atoms with E-state index in [0.717, 1.165) is 12.2 Å². The Labute approximate surface area is 111 Å². The van der Waals surface area contributed by atoms with Gasteiger partial charge in [0, 0.05) is 6.20 Å². The first kappa shape index (κ1) is 13.3. The number of nitrogens with zero attached hydrogens (tertiary/aromatic N) is 1. The number of allylic oxidation sites excluding steroid dienone is 1. The average Bonchev–Trinajstić information content (AvgIpc) is 2.38. The molecule has 1 atom stereocenters. The van der Waals surface area contributed by atoms with Crippen LogP contribution in [0.2, 0.25) is 0 Å². The molecule has 0 spiro atoms. The van der Waals surface area contributed by atoms with E-state index >= 15 is 0 Å². The molecule has 1 unspecified atom stereocenters. The maximum Gasteiger partial charge on any atom is 0.0710 e. The zero-order chi connectivity index (χ0) is 12.6. The van der Waals surface area contributed by atoms with Gasteiger partial charge in [-0.15, -0.1) is 0 Å². The Morgan fingerprint density at radius 1 is 1.22 bits per heavy atom. The van der Waals surface area contributed by atoms with Crippen molar-refractivity contribution in [2.24, 2.45) is 0 Å². The van der Waals surface area contributed by atoms with Crippen LogP contribution in [-0.2, 0) is 0 Å². The number of nitrogens with one attached hydrogen (secondary N) is 1. The summed E-state index contributed by atoms with van der Waals surface area (Å²) in [4.78, 5) is 4.52. The highest BCUT2D eigenvalue weighted by Crippen LogP contribution is 2.27. The second kappa shape index (κ2) is 7.32. The summed E-state index contributed by atoms with van der Waals surface area (Å²) in [5.74, 6) is 0. The number of aromatic nitrogens is 1. The summed E-state index contributed by atoms with van der Waals surface area (Å²) in [5, 5.41) is 3.59. The molecule has 1 N–H and O–H groups in total. The highest BCUT2D eigenvalue weighted by Gasteiger charge is 2.16. The van der Waals surface area contributed by atoms with E-state index in [0.29, 0.717) is 6.04 Å². The Balaban J connectivity index is 2.17. The highest BCUT2D eigenvalue weighted by molar-refractivity contribution is 5.22. The number of hydrogen-bond acceptors (Lipinski definition) is 2. The zero-order valence-electron chi connectivity index (χ0n) is 11.4. The van der Waals surface area contributed by atoms with Crippen molar-refractivity contribution >= 4 is 0 Å². The van der Waals surface area contributed by atoms with Crippen LogP contribution < -0.4 is 5.32 Å². The molecule has 1 aromatic rings. The van der Waals surface area contributed by atoms with Crippen LogP contribution in [0, 0.1) is 0 Å². The first-order valence-electron chi connectivity index (χ1n) is 7.25. The second-order valence-electron chi connectivity index (χ2n) is 4.98. The molecule has 0 bridgehead atoms. The lowest BCUT2D eigenvalue weighted by Gasteiger charge is -2.22. The molecule has 2 nitrogen and oxygen atoms in total. The third-order valence-corrected chi connectivity index (χ3v) is 3.59. The Hall–Kier alpha value is -1.15.